The molecule has 0 bridgehead atoms. The van der Waals surface area contributed by atoms with Gasteiger partial charge in [0.25, 0.3) is 0 Å². The molecule has 0 fully saturated rings. The summed E-state index contributed by atoms with van der Waals surface area (Å²) in [6.07, 6.45) is 0. The quantitative estimate of drug-likeness (QED) is 0.760. The van der Waals surface area contributed by atoms with Crippen LogP contribution in [0.1, 0.15) is 10.4 Å². The highest BCUT2D eigenvalue weighted by Gasteiger charge is 2.22. The summed E-state index contributed by atoms with van der Waals surface area (Å²) in [6, 6.07) is 3.33. The Hall–Kier alpha value is -1.75. The maximum atomic E-state index is 11.6. The molecule has 86 valence electrons. The number of nitrogens with two attached hydrogens (primary N) is 1. The largest absolute Gasteiger partial charge is 0.492 e. The molecular formula is C11H13NO4. The number of benzene rings is 1. The van der Waals surface area contributed by atoms with Crippen LogP contribution in [0.15, 0.2) is 12.1 Å². The number of ketones is 1. The van der Waals surface area contributed by atoms with Gasteiger partial charge in [-0.3, -0.25) is 4.79 Å². The third-order valence-electron chi connectivity index (χ3n) is 2.35. The van der Waals surface area contributed by atoms with Crippen LogP contribution >= 0.6 is 0 Å². The van der Waals surface area contributed by atoms with E-state index in [1.165, 1.54) is 7.11 Å². The van der Waals surface area contributed by atoms with E-state index in [-0.39, 0.29) is 12.3 Å². The molecular weight excluding hydrogens is 210 g/mol. The van der Waals surface area contributed by atoms with Gasteiger partial charge in [-0.15, -0.1) is 0 Å². The first kappa shape index (κ1) is 10.8. The van der Waals surface area contributed by atoms with Crippen LogP contribution < -0.4 is 19.9 Å². The Balaban J connectivity index is 2.51. The number of carbonyl (C=O) groups excluding carboxylic acids is 1. The lowest BCUT2D eigenvalue weighted by molar-refractivity contribution is 0.0996. The van der Waals surface area contributed by atoms with Crippen LogP contribution in [-0.2, 0) is 0 Å². The molecule has 1 aromatic rings. The molecule has 1 heterocycles. The van der Waals surface area contributed by atoms with E-state index in [0.717, 1.165) is 0 Å². The van der Waals surface area contributed by atoms with E-state index in [1.807, 2.05) is 0 Å². The molecule has 0 saturated carbocycles. The van der Waals surface area contributed by atoms with Crippen LogP contribution in [0.3, 0.4) is 0 Å². The monoisotopic (exact) mass is 223 g/mol. The average Bonchev–Trinajstić information content (AvgIpc) is 2.36. The van der Waals surface area contributed by atoms with Gasteiger partial charge in [0.1, 0.15) is 13.2 Å². The predicted molar refractivity (Wildman–Crippen MR) is 57.4 cm³/mol. The van der Waals surface area contributed by atoms with Crippen LogP contribution in [-0.4, -0.2) is 32.7 Å². The smallest absolute Gasteiger partial charge is 0.204 e. The molecule has 1 aromatic carbocycles. The Morgan fingerprint density at radius 1 is 1.44 bits per heavy atom. The third kappa shape index (κ3) is 1.69. The van der Waals surface area contributed by atoms with E-state index in [9.17, 15) is 4.79 Å². The van der Waals surface area contributed by atoms with Gasteiger partial charge >= 0.3 is 0 Å². The van der Waals surface area contributed by atoms with Gasteiger partial charge < -0.3 is 19.9 Å². The molecule has 0 saturated heterocycles. The van der Waals surface area contributed by atoms with Gasteiger partial charge in [-0.1, -0.05) is 0 Å². The molecule has 0 spiro atoms. The van der Waals surface area contributed by atoms with Gasteiger partial charge in [0.2, 0.25) is 5.75 Å². The van der Waals surface area contributed by atoms with Crippen molar-refractivity contribution in [3.05, 3.63) is 17.7 Å². The average molecular weight is 223 g/mol. The number of ether oxygens (including phenoxy) is 3. The highest BCUT2D eigenvalue weighted by Crippen LogP contribution is 2.41. The van der Waals surface area contributed by atoms with Crippen LogP contribution in [0, 0.1) is 0 Å². The molecule has 1 aliphatic rings. The van der Waals surface area contributed by atoms with Gasteiger partial charge in [-0.05, 0) is 12.1 Å². The van der Waals surface area contributed by atoms with E-state index in [2.05, 4.69) is 0 Å². The van der Waals surface area contributed by atoms with Crippen LogP contribution in [0.4, 0.5) is 0 Å². The second-order valence-electron chi connectivity index (χ2n) is 3.30. The molecule has 16 heavy (non-hydrogen) atoms. The Bertz CT molecular complexity index is 417. The van der Waals surface area contributed by atoms with E-state index < -0.39 is 0 Å². The number of carbonyl (C=O) groups is 1. The summed E-state index contributed by atoms with van der Waals surface area (Å²) in [5.74, 6) is 1.28. The fourth-order valence-electron chi connectivity index (χ4n) is 1.62. The van der Waals surface area contributed by atoms with Crippen molar-refractivity contribution in [1.82, 2.24) is 0 Å². The Labute approximate surface area is 93.1 Å². The van der Waals surface area contributed by atoms with Crippen molar-refractivity contribution < 1.29 is 19.0 Å². The SMILES string of the molecule is COc1c(C(=O)CN)ccc2c1OCCO2. The molecule has 1 aliphatic heterocycles. The molecule has 2 N–H and O–H groups in total. The van der Waals surface area contributed by atoms with Gasteiger partial charge in [0.05, 0.1) is 19.2 Å². The number of rotatable bonds is 3. The topological polar surface area (TPSA) is 70.8 Å². The number of hydrogen-bond acceptors (Lipinski definition) is 5. The first-order valence-electron chi connectivity index (χ1n) is 4.97. The fraction of sp³-hybridized carbons (Fsp3) is 0.364. The van der Waals surface area contributed by atoms with Crippen LogP contribution in [0.25, 0.3) is 0 Å². The fourth-order valence-corrected chi connectivity index (χ4v) is 1.62. The summed E-state index contributed by atoms with van der Waals surface area (Å²) >= 11 is 0. The Morgan fingerprint density at radius 3 is 2.88 bits per heavy atom. The number of Topliss-reactive ketones (excluding diaryl/α,β-unsaturated/α-hetero) is 1. The molecule has 2 rings (SSSR count). The van der Waals surface area contributed by atoms with E-state index >= 15 is 0 Å². The van der Waals surface area contributed by atoms with Crippen molar-refractivity contribution >= 4 is 5.78 Å². The standard InChI is InChI=1S/C11H13NO4/c1-14-10-7(8(13)6-12)2-3-9-11(10)16-5-4-15-9/h2-3H,4-6,12H2,1H3. The Morgan fingerprint density at radius 2 is 2.19 bits per heavy atom. The van der Waals surface area contributed by atoms with Crippen molar-refractivity contribution in [2.24, 2.45) is 5.73 Å². The summed E-state index contributed by atoms with van der Waals surface area (Å²) in [5, 5.41) is 0. The molecule has 0 aromatic heterocycles. The van der Waals surface area contributed by atoms with Crippen molar-refractivity contribution in [3.8, 4) is 17.2 Å². The molecule has 5 nitrogen and oxygen atoms in total. The second kappa shape index (κ2) is 4.40. The lowest BCUT2D eigenvalue weighted by Crippen LogP contribution is -2.19. The van der Waals surface area contributed by atoms with Crippen LogP contribution in [0.5, 0.6) is 17.2 Å². The summed E-state index contributed by atoms with van der Waals surface area (Å²) < 4.78 is 16.0. The molecule has 5 heteroatoms. The molecule has 0 unspecified atom stereocenters. The minimum atomic E-state index is -0.186. The normalized spacial score (nSPS) is 13.4. The predicted octanol–water partition coefficient (Wildman–Crippen LogP) is 0.608. The van der Waals surface area contributed by atoms with Gasteiger partial charge in [-0.2, -0.15) is 0 Å². The highest BCUT2D eigenvalue weighted by atomic mass is 16.6. The first-order valence-corrected chi connectivity index (χ1v) is 4.97. The lowest BCUT2D eigenvalue weighted by atomic mass is 10.1. The van der Waals surface area contributed by atoms with Crippen LogP contribution in [0.2, 0.25) is 0 Å². The maximum absolute atomic E-state index is 11.6. The van der Waals surface area contributed by atoms with E-state index in [4.69, 9.17) is 19.9 Å². The molecule has 0 atom stereocenters. The molecule has 0 aliphatic carbocycles. The highest BCUT2D eigenvalue weighted by molar-refractivity contribution is 6.01. The first-order chi connectivity index (χ1) is 7.77. The number of hydrogen-bond donors (Lipinski definition) is 1. The zero-order chi connectivity index (χ0) is 11.5. The number of fused-ring (bicyclic) bond motifs is 1. The zero-order valence-electron chi connectivity index (χ0n) is 8.99. The van der Waals surface area contributed by atoms with E-state index in [1.54, 1.807) is 12.1 Å². The minimum Gasteiger partial charge on any atom is -0.492 e. The van der Waals surface area contributed by atoms with E-state index in [0.29, 0.717) is 36.0 Å². The summed E-state index contributed by atoms with van der Waals surface area (Å²) in [6.45, 7) is 0.889. The molecule has 0 amide bonds. The van der Waals surface area contributed by atoms with Crippen molar-refractivity contribution in [3.63, 3.8) is 0 Å². The van der Waals surface area contributed by atoms with Gasteiger partial charge in [-0.25, -0.2) is 0 Å². The second-order valence-corrected chi connectivity index (χ2v) is 3.30. The number of methoxy groups -OCH3 is 1. The molecule has 0 radical (unpaired) electrons. The van der Waals surface area contributed by atoms with Crippen molar-refractivity contribution in [1.29, 1.82) is 0 Å². The third-order valence-corrected chi connectivity index (χ3v) is 2.35. The maximum Gasteiger partial charge on any atom is 0.204 e. The zero-order valence-corrected chi connectivity index (χ0v) is 8.99. The lowest BCUT2D eigenvalue weighted by Gasteiger charge is -2.21. The Kier molecular flexibility index (Phi) is 2.96. The minimum absolute atomic E-state index is 0.0595. The van der Waals surface area contributed by atoms with Crippen molar-refractivity contribution in [2.75, 3.05) is 26.9 Å². The van der Waals surface area contributed by atoms with Gasteiger partial charge in [0, 0.05) is 0 Å². The summed E-state index contributed by atoms with van der Waals surface area (Å²) in [4.78, 5) is 11.6. The van der Waals surface area contributed by atoms with Crippen molar-refractivity contribution in [2.45, 2.75) is 0 Å². The summed E-state index contributed by atoms with van der Waals surface area (Å²) in [5.41, 5.74) is 5.75. The summed E-state index contributed by atoms with van der Waals surface area (Å²) in [7, 11) is 1.49. The van der Waals surface area contributed by atoms with Gasteiger partial charge in [0.15, 0.2) is 17.3 Å².